The van der Waals surface area contributed by atoms with Crippen LogP contribution in [0.15, 0.2) is 6.07 Å². The third-order valence-electron chi connectivity index (χ3n) is 1.45. The number of carboxylic acid groups (broad SMARTS) is 1. The van der Waals surface area contributed by atoms with E-state index in [-0.39, 0.29) is 11.0 Å². The van der Waals surface area contributed by atoms with Crippen LogP contribution in [0.2, 0.25) is 5.28 Å². The minimum Gasteiger partial charge on any atom is -0.477 e. The summed E-state index contributed by atoms with van der Waals surface area (Å²) in [5.74, 6) is -1.07. The average molecular weight is 199 g/mol. The van der Waals surface area contributed by atoms with Gasteiger partial charge in [0, 0.05) is 0 Å². The monoisotopic (exact) mass is 198 g/mol. The Morgan fingerprint density at radius 3 is 3.00 bits per heavy atom. The molecule has 0 fully saturated rings. The van der Waals surface area contributed by atoms with Crippen molar-refractivity contribution in [1.82, 2.24) is 20.2 Å². The van der Waals surface area contributed by atoms with Crippen molar-refractivity contribution >= 4 is 28.7 Å². The van der Waals surface area contributed by atoms with Crippen LogP contribution in [0, 0.1) is 0 Å². The van der Waals surface area contributed by atoms with Crippen molar-refractivity contribution in [3.63, 3.8) is 0 Å². The molecule has 66 valence electrons. The van der Waals surface area contributed by atoms with E-state index in [1.807, 2.05) is 0 Å². The highest BCUT2D eigenvalue weighted by Gasteiger charge is 2.09. The van der Waals surface area contributed by atoms with Gasteiger partial charge in [0.05, 0.1) is 0 Å². The molecule has 0 spiro atoms. The van der Waals surface area contributed by atoms with E-state index in [1.54, 1.807) is 0 Å². The fourth-order valence-corrected chi connectivity index (χ4v) is 1.05. The Hall–Kier alpha value is -1.69. The smallest absolute Gasteiger partial charge is 0.352 e. The largest absolute Gasteiger partial charge is 0.477 e. The van der Waals surface area contributed by atoms with Crippen molar-refractivity contribution in [3.8, 4) is 0 Å². The Labute approximate surface area is 76.6 Å². The fourth-order valence-electron chi connectivity index (χ4n) is 0.922. The number of aromatic amines is 1. The van der Waals surface area contributed by atoms with Crippen molar-refractivity contribution in [1.29, 1.82) is 0 Å². The highest BCUT2D eigenvalue weighted by Crippen LogP contribution is 2.11. The lowest BCUT2D eigenvalue weighted by Crippen LogP contribution is -1.95. The summed E-state index contributed by atoms with van der Waals surface area (Å²) in [4.78, 5) is 16.8. The van der Waals surface area contributed by atoms with E-state index in [4.69, 9.17) is 16.7 Å². The normalized spacial score (nSPS) is 10.5. The molecular formula is C6H3ClN4O2. The molecule has 2 N–H and O–H groups in total. The van der Waals surface area contributed by atoms with Gasteiger partial charge in [0.15, 0.2) is 5.65 Å². The van der Waals surface area contributed by atoms with Crippen LogP contribution in [0.4, 0.5) is 0 Å². The van der Waals surface area contributed by atoms with Crippen molar-refractivity contribution in [2.24, 2.45) is 0 Å². The molecule has 0 saturated heterocycles. The fraction of sp³-hybridized carbons (Fsp3) is 0. The molecule has 0 atom stereocenters. The zero-order chi connectivity index (χ0) is 9.42. The zero-order valence-corrected chi connectivity index (χ0v) is 6.91. The number of fused-ring (bicyclic) bond motifs is 1. The number of nitrogens with one attached hydrogen (secondary N) is 1. The first-order valence-electron chi connectivity index (χ1n) is 3.29. The van der Waals surface area contributed by atoms with Crippen LogP contribution in [0.5, 0.6) is 0 Å². The van der Waals surface area contributed by atoms with Crippen LogP contribution < -0.4 is 0 Å². The van der Waals surface area contributed by atoms with Gasteiger partial charge in [0.2, 0.25) is 5.28 Å². The van der Waals surface area contributed by atoms with Gasteiger partial charge in [0.25, 0.3) is 0 Å². The quantitative estimate of drug-likeness (QED) is 0.704. The van der Waals surface area contributed by atoms with Gasteiger partial charge >= 0.3 is 5.97 Å². The van der Waals surface area contributed by atoms with E-state index in [0.717, 1.165) is 0 Å². The second-order valence-electron chi connectivity index (χ2n) is 2.30. The summed E-state index contributed by atoms with van der Waals surface area (Å²) in [5.41, 5.74) is 0.707. The molecule has 0 aromatic carbocycles. The number of carboxylic acids is 1. The molecule has 0 radical (unpaired) electrons. The van der Waals surface area contributed by atoms with Crippen LogP contribution >= 0.6 is 11.6 Å². The molecule has 2 heterocycles. The van der Waals surface area contributed by atoms with Crippen LogP contribution in [-0.4, -0.2) is 31.2 Å². The standard InChI is InChI=1S/C6H3ClN4O2/c7-6-9-2-1-3(5(12)13)8-4(2)10-11-6/h1H,(H,8,10)(H,12,13). The number of rotatable bonds is 1. The van der Waals surface area contributed by atoms with Crippen molar-refractivity contribution in [2.45, 2.75) is 0 Å². The molecule has 2 aromatic heterocycles. The number of H-pyrrole nitrogens is 1. The summed E-state index contributed by atoms with van der Waals surface area (Å²) in [5, 5.41) is 15.7. The van der Waals surface area contributed by atoms with Crippen LogP contribution in [-0.2, 0) is 0 Å². The highest BCUT2D eigenvalue weighted by atomic mass is 35.5. The predicted molar refractivity (Wildman–Crippen MR) is 43.7 cm³/mol. The Bertz CT molecular complexity index is 480. The Morgan fingerprint density at radius 2 is 2.31 bits per heavy atom. The molecule has 0 saturated carbocycles. The second-order valence-corrected chi connectivity index (χ2v) is 2.64. The molecule has 7 heteroatoms. The molecule has 0 bridgehead atoms. The summed E-state index contributed by atoms with van der Waals surface area (Å²) in [6.45, 7) is 0. The highest BCUT2D eigenvalue weighted by molar-refractivity contribution is 6.28. The van der Waals surface area contributed by atoms with Crippen molar-refractivity contribution < 1.29 is 9.90 Å². The van der Waals surface area contributed by atoms with Crippen LogP contribution in [0.1, 0.15) is 10.5 Å². The molecule has 2 aromatic rings. The van der Waals surface area contributed by atoms with E-state index in [2.05, 4.69) is 20.2 Å². The lowest BCUT2D eigenvalue weighted by atomic mass is 10.4. The molecule has 0 unspecified atom stereocenters. The maximum atomic E-state index is 10.5. The lowest BCUT2D eigenvalue weighted by molar-refractivity contribution is 0.0691. The molecule has 2 rings (SSSR count). The SMILES string of the molecule is O=C(O)c1cc2nc(Cl)nnc2[nH]1. The summed E-state index contributed by atoms with van der Waals surface area (Å²) < 4.78 is 0. The molecule has 13 heavy (non-hydrogen) atoms. The first kappa shape index (κ1) is 7.93. The van der Waals surface area contributed by atoms with Crippen molar-refractivity contribution in [3.05, 3.63) is 17.0 Å². The Balaban J connectivity index is 2.68. The first-order chi connectivity index (χ1) is 6.16. The van der Waals surface area contributed by atoms with E-state index in [1.165, 1.54) is 6.07 Å². The Kier molecular flexibility index (Phi) is 1.63. The number of carbonyl (C=O) groups is 1. The van der Waals surface area contributed by atoms with Gasteiger partial charge in [0.1, 0.15) is 11.2 Å². The minimum absolute atomic E-state index is 0.0107. The van der Waals surface area contributed by atoms with Crippen LogP contribution in [0.3, 0.4) is 0 Å². The summed E-state index contributed by atoms with van der Waals surface area (Å²) in [6.07, 6.45) is 0. The topological polar surface area (TPSA) is 91.8 Å². The van der Waals surface area contributed by atoms with Gasteiger partial charge in [-0.1, -0.05) is 0 Å². The molecule has 0 aliphatic carbocycles. The number of aromatic carboxylic acids is 1. The molecule has 0 aliphatic heterocycles. The Morgan fingerprint density at radius 1 is 1.54 bits per heavy atom. The lowest BCUT2D eigenvalue weighted by Gasteiger charge is -1.85. The molecule has 0 amide bonds. The van der Waals surface area contributed by atoms with Crippen LogP contribution in [0.25, 0.3) is 11.2 Å². The molecular weight excluding hydrogens is 196 g/mol. The number of aromatic nitrogens is 4. The predicted octanol–water partition coefficient (Wildman–Crippen LogP) is 0.704. The molecule has 6 nitrogen and oxygen atoms in total. The van der Waals surface area contributed by atoms with E-state index in [9.17, 15) is 4.79 Å². The second kappa shape index (κ2) is 2.67. The van der Waals surface area contributed by atoms with Gasteiger partial charge in [-0.2, -0.15) is 0 Å². The maximum absolute atomic E-state index is 10.5. The van der Waals surface area contributed by atoms with Crippen molar-refractivity contribution in [2.75, 3.05) is 0 Å². The summed E-state index contributed by atoms with van der Waals surface area (Å²) >= 11 is 5.46. The van der Waals surface area contributed by atoms with E-state index in [0.29, 0.717) is 11.2 Å². The number of halogens is 1. The number of hydrogen-bond donors (Lipinski definition) is 2. The third-order valence-corrected chi connectivity index (χ3v) is 1.61. The zero-order valence-electron chi connectivity index (χ0n) is 6.15. The van der Waals surface area contributed by atoms with Gasteiger partial charge < -0.3 is 10.1 Å². The third kappa shape index (κ3) is 1.31. The van der Waals surface area contributed by atoms with Gasteiger partial charge in [-0.3, -0.25) is 0 Å². The average Bonchev–Trinajstić information content (AvgIpc) is 2.46. The van der Waals surface area contributed by atoms with E-state index >= 15 is 0 Å². The first-order valence-corrected chi connectivity index (χ1v) is 3.67. The number of nitrogens with zero attached hydrogens (tertiary/aromatic N) is 3. The minimum atomic E-state index is -1.07. The summed E-state index contributed by atoms with van der Waals surface area (Å²) in [6, 6.07) is 1.35. The van der Waals surface area contributed by atoms with Gasteiger partial charge in [-0.05, 0) is 17.7 Å². The molecule has 0 aliphatic rings. The van der Waals surface area contributed by atoms with Gasteiger partial charge in [-0.25, -0.2) is 9.78 Å². The number of hydrogen-bond acceptors (Lipinski definition) is 4. The maximum Gasteiger partial charge on any atom is 0.352 e. The summed E-state index contributed by atoms with van der Waals surface area (Å²) in [7, 11) is 0. The van der Waals surface area contributed by atoms with E-state index < -0.39 is 5.97 Å². The van der Waals surface area contributed by atoms with Gasteiger partial charge in [-0.15, -0.1) is 10.2 Å².